The molecule has 0 unspecified atom stereocenters. The molecule has 4 atom stereocenters. The maximum atomic E-state index is 12.8. The van der Waals surface area contributed by atoms with Gasteiger partial charge in [-0.3, -0.25) is 4.79 Å². The Labute approximate surface area is 142 Å². The molecule has 120 valence electrons. The molecule has 1 saturated carbocycles. The van der Waals surface area contributed by atoms with Gasteiger partial charge in [-0.15, -0.1) is 11.8 Å². The maximum absolute atomic E-state index is 12.8. The molecule has 1 aliphatic heterocycles. The normalized spacial score (nSPS) is 34.0. The van der Waals surface area contributed by atoms with Gasteiger partial charge in [0.2, 0.25) is 5.78 Å². The summed E-state index contributed by atoms with van der Waals surface area (Å²) < 4.78 is 6.30. The summed E-state index contributed by atoms with van der Waals surface area (Å²) in [6.45, 7) is 6.80. The van der Waals surface area contributed by atoms with E-state index in [1.165, 1.54) is 12.8 Å². The smallest absolute Gasteiger partial charge is 0.201 e. The molecule has 1 saturated heterocycles. The molecule has 1 aromatic carbocycles. The third kappa shape index (κ3) is 3.22. The molecule has 1 aliphatic carbocycles. The minimum atomic E-state index is -0.400. The van der Waals surface area contributed by atoms with Gasteiger partial charge in [0.1, 0.15) is 0 Å². The van der Waals surface area contributed by atoms with Crippen LogP contribution in [0.3, 0.4) is 0 Å². The van der Waals surface area contributed by atoms with Crippen LogP contribution in [0.25, 0.3) is 0 Å². The van der Waals surface area contributed by atoms with Gasteiger partial charge in [0, 0.05) is 15.3 Å². The van der Waals surface area contributed by atoms with Gasteiger partial charge in [0.15, 0.2) is 5.44 Å². The summed E-state index contributed by atoms with van der Waals surface area (Å²) in [4.78, 5) is 12.8. The number of halogens is 1. The highest BCUT2D eigenvalue weighted by Gasteiger charge is 2.48. The monoisotopic (exact) mass is 338 g/mol. The molecule has 1 aromatic rings. The van der Waals surface area contributed by atoms with Crippen LogP contribution < -0.4 is 0 Å². The lowest BCUT2D eigenvalue weighted by Crippen LogP contribution is -2.50. The number of hydrogen-bond acceptors (Lipinski definition) is 3. The Bertz CT molecular complexity index is 555. The van der Waals surface area contributed by atoms with E-state index in [0.29, 0.717) is 22.4 Å². The average Bonchev–Trinajstić information content (AvgIpc) is 2.46. The van der Waals surface area contributed by atoms with Gasteiger partial charge >= 0.3 is 0 Å². The Hall–Kier alpha value is -0.510. The van der Waals surface area contributed by atoms with Gasteiger partial charge in [-0.25, -0.2) is 0 Å². The number of carbonyl (C=O) groups is 1. The van der Waals surface area contributed by atoms with E-state index in [4.69, 9.17) is 16.3 Å². The van der Waals surface area contributed by atoms with Gasteiger partial charge in [0.25, 0.3) is 0 Å². The molecular formula is C18H23ClO2S. The van der Waals surface area contributed by atoms with E-state index in [1.807, 2.05) is 0 Å². The summed E-state index contributed by atoms with van der Waals surface area (Å²) in [7, 11) is 0. The number of hydrogen-bond donors (Lipinski definition) is 0. The number of Topliss-reactive ketones (excluding diaryl/α,β-unsaturated/α-hetero) is 1. The Balaban J connectivity index is 1.80. The van der Waals surface area contributed by atoms with Gasteiger partial charge in [0.05, 0.1) is 6.10 Å². The van der Waals surface area contributed by atoms with Crippen molar-refractivity contribution in [2.24, 2.45) is 11.8 Å². The third-order valence-electron chi connectivity index (χ3n) is 5.00. The fourth-order valence-corrected chi connectivity index (χ4v) is 5.25. The molecule has 2 nitrogen and oxygen atoms in total. The van der Waals surface area contributed by atoms with Crippen molar-refractivity contribution in [3.8, 4) is 0 Å². The van der Waals surface area contributed by atoms with Gasteiger partial charge in [-0.2, -0.15) is 0 Å². The highest BCUT2D eigenvalue weighted by Crippen LogP contribution is 2.50. The van der Waals surface area contributed by atoms with Crippen molar-refractivity contribution in [3.63, 3.8) is 0 Å². The van der Waals surface area contributed by atoms with Gasteiger partial charge < -0.3 is 4.74 Å². The minimum Gasteiger partial charge on any atom is -0.356 e. The summed E-state index contributed by atoms with van der Waals surface area (Å²) >= 11 is 7.58. The number of ether oxygens (including phenoxy) is 1. The lowest BCUT2D eigenvalue weighted by atomic mass is 9.75. The summed E-state index contributed by atoms with van der Waals surface area (Å²) in [5.74, 6) is 1.29. The van der Waals surface area contributed by atoms with E-state index in [0.717, 1.165) is 6.42 Å². The van der Waals surface area contributed by atoms with Crippen LogP contribution in [-0.4, -0.2) is 22.1 Å². The fraction of sp³-hybridized carbons (Fsp3) is 0.611. The molecule has 2 aliphatic rings. The highest BCUT2D eigenvalue weighted by molar-refractivity contribution is 8.01. The molecule has 4 heteroatoms. The molecule has 0 bridgehead atoms. The van der Waals surface area contributed by atoms with Crippen LogP contribution >= 0.6 is 23.4 Å². The summed E-state index contributed by atoms with van der Waals surface area (Å²) in [6.07, 6.45) is 3.75. The molecule has 22 heavy (non-hydrogen) atoms. The second kappa shape index (κ2) is 6.18. The molecule has 3 rings (SSSR count). The van der Waals surface area contributed by atoms with E-state index in [1.54, 1.807) is 36.0 Å². The van der Waals surface area contributed by atoms with Crippen LogP contribution in [0.1, 0.15) is 50.4 Å². The van der Waals surface area contributed by atoms with Crippen LogP contribution in [-0.2, 0) is 4.74 Å². The molecule has 2 fully saturated rings. The summed E-state index contributed by atoms with van der Waals surface area (Å²) in [6, 6.07) is 7.10. The zero-order chi connectivity index (χ0) is 15.9. The second-order valence-electron chi connectivity index (χ2n) is 7.12. The molecule has 0 amide bonds. The van der Waals surface area contributed by atoms with Crippen LogP contribution in [0, 0.1) is 11.8 Å². The SMILES string of the molecule is C[C@@H]1CC[C@@H]2[C@@H](C1)O[C@@H](C(=O)c1ccc(Cl)cc1)SC2(C)C. The number of fused-ring (bicyclic) bond motifs is 1. The number of rotatable bonds is 2. The van der Waals surface area contributed by atoms with E-state index in [2.05, 4.69) is 20.8 Å². The Morgan fingerprint density at radius 3 is 2.64 bits per heavy atom. The van der Waals surface area contributed by atoms with Crippen molar-refractivity contribution < 1.29 is 9.53 Å². The Morgan fingerprint density at radius 2 is 1.95 bits per heavy atom. The van der Waals surface area contributed by atoms with Crippen LogP contribution in [0.15, 0.2) is 24.3 Å². The standard InChI is InChI=1S/C18H23ClO2S/c1-11-4-9-14-15(10-11)21-17(22-18(14,2)3)16(20)12-5-7-13(19)8-6-12/h5-8,11,14-15,17H,4,9-10H2,1-3H3/t11-,14-,15-,17-/m1/s1. The number of carbonyl (C=O) groups excluding carboxylic acids is 1. The minimum absolute atomic E-state index is 0.0615. The Kier molecular flexibility index (Phi) is 4.59. The zero-order valence-corrected chi connectivity index (χ0v) is 14.9. The van der Waals surface area contributed by atoms with E-state index in [-0.39, 0.29) is 16.6 Å². The molecule has 0 radical (unpaired) electrons. The highest BCUT2D eigenvalue weighted by atomic mass is 35.5. The molecule has 0 spiro atoms. The largest absolute Gasteiger partial charge is 0.356 e. The van der Waals surface area contributed by atoms with Gasteiger partial charge in [-0.1, -0.05) is 38.8 Å². The first-order valence-electron chi connectivity index (χ1n) is 8.00. The van der Waals surface area contributed by atoms with Crippen molar-refractivity contribution in [2.75, 3.05) is 0 Å². The number of thioether (sulfide) groups is 1. The lowest BCUT2D eigenvalue weighted by Gasteiger charge is -2.49. The van der Waals surface area contributed by atoms with Crippen LogP contribution in [0.5, 0.6) is 0 Å². The molecule has 1 heterocycles. The zero-order valence-electron chi connectivity index (χ0n) is 13.3. The lowest BCUT2D eigenvalue weighted by molar-refractivity contribution is -0.0486. The maximum Gasteiger partial charge on any atom is 0.201 e. The second-order valence-corrected chi connectivity index (χ2v) is 9.28. The Morgan fingerprint density at radius 1 is 1.27 bits per heavy atom. The van der Waals surface area contributed by atoms with Crippen molar-refractivity contribution in [1.82, 2.24) is 0 Å². The predicted molar refractivity (Wildman–Crippen MR) is 92.6 cm³/mol. The van der Waals surface area contributed by atoms with E-state index >= 15 is 0 Å². The summed E-state index contributed by atoms with van der Waals surface area (Å²) in [5.41, 5.74) is 0.280. The average molecular weight is 339 g/mol. The first kappa shape index (κ1) is 16.4. The van der Waals surface area contributed by atoms with Crippen molar-refractivity contribution in [3.05, 3.63) is 34.9 Å². The molecular weight excluding hydrogens is 316 g/mol. The first-order chi connectivity index (χ1) is 10.4. The van der Waals surface area contributed by atoms with Crippen LogP contribution in [0.4, 0.5) is 0 Å². The van der Waals surface area contributed by atoms with Crippen molar-refractivity contribution in [2.45, 2.75) is 56.3 Å². The van der Waals surface area contributed by atoms with E-state index in [9.17, 15) is 4.79 Å². The van der Waals surface area contributed by atoms with Crippen LogP contribution in [0.2, 0.25) is 5.02 Å². The van der Waals surface area contributed by atoms with Crippen molar-refractivity contribution >= 4 is 29.1 Å². The van der Waals surface area contributed by atoms with E-state index < -0.39 is 5.44 Å². The van der Waals surface area contributed by atoms with Crippen molar-refractivity contribution in [1.29, 1.82) is 0 Å². The quantitative estimate of drug-likeness (QED) is 0.693. The fourth-order valence-electron chi connectivity index (χ4n) is 3.69. The summed E-state index contributed by atoms with van der Waals surface area (Å²) in [5, 5.41) is 0.648. The predicted octanol–water partition coefficient (Wildman–Crippen LogP) is 5.20. The third-order valence-corrected chi connectivity index (χ3v) is 6.70. The number of benzene rings is 1. The topological polar surface area (TPSA) is 26.3 Å². The van der Waals surface area contributed by atoms with Gasteiger partial charge in [-0.05, 0) is 48.9 Å². The first-order valence-corrected chi connectivity index (χ1v) is 9.25. The molecule has 0 N–H and O–H groups in total. The number of ketones is 1. The molecule has 0 aromatic heterocycles.